The largest absolute Gasteiger partial charge is 0.481 e. The minimum absolute atomic E-state index is 0.429. The van der Waals surface area contributed by atoms with Gasteiger partial charge in [0.05, 0.1) is 12.7 Å². The Morgan fingerprint density at radius 2 is 2.06 bits per heavy atom. The van der Waals surface area contributed by atoms with Crippen molar-refractivity contribution in [3.8, 4) is 5.88 Å². The van der Waals surface area contributed by atoms with Crippen LogP contribution < -0.4 is 10.1 Å². The highest BCUT2D eigenvalue weighted by atomic mass is 16.5. The molecule has 0 bridgehead atoms. The maximum absolute atomic E-state index is 5.17. The molecular weight excluding hydrogens is 202 g/mol. The third kappa shape index (κ3) is 2.84. The third-order valence-corrected chi connectivity index (χ3v) is 2.80. The molecule has 0 amide bonds. The minimum atomic E-state index is 0.429. The van der Waals surface area contributed by atoms with Gasteiger partial charge >= 0.3 is 0 Å². The highest BCUT2D eigenvalue weighted by molar-refractivity contribution is 5.48. The number of nitrogens with one attached hydrogen (secondary N) is 1. The molecule has 0 aliphatic heterocycles. The van der Waals surface area contributed by atoms with E-state index in [0.29, 0.717) is 17.8 Å². The van der Waals surface area contributed by atoms with Crippen LogP contribution in [-0.2, 0) is 0 Å². The van der Waals surface area contributed by atoms with Crippen molar-refractivity contribution in [1.82, 2.24) is 9.97 Å². The summed E-state index contributed by atoms with van der Waals surface area (Å²) in [5, 5.41) is 3.44. The monoisotopic (exact) mass is 223 g/mol. The second-order valence-corrected chi connectivity index (χ2v) is 4.26. The summed E-state index contributed by atoms with van der Waals surface area (Å²) in [6.07, 6.45) is 2.60. The summed E-state index contributed by atoms with van der Waals surface area (Å²) >= 11 is 0. The first-order valence-electron chi connectivity index (χ1n) is 5.72. The number of methoxy groups -OCH3 is 1. The van der Waals surface area contributed by atoms with Gasteiger partial charge in [0.15, 0.2) is 0 Å². The number of ether oxygens (including phenoxy) is 1. The standard InChI is InChI=1S/C12H21N3O/c1-6-10(8(2)3)15-11-9(4)12(16-5)14-7-13-11/h7-8,10H,6H2,1-5H3,(H,13,14,15). The highest BCUT2D eigenvalue weighted by Gasteiger charge is 2.14. The van der Waals surface area contributed by atoms with Crippen LogP contribution in [0.2, 0.25) is 0 Å². The van der Waals surface area contributed by atoms with E-state index in [9.17, 15) is 0 Å². The number of rotatable bonds is 5. The van der Waals surface area contributed by atoms with Crippen molar-refractivity contribution in [3.63, 3.8) is 0 Å². The van der Waals surface area contributed by atoms with Crippen molar-refractivity contribution in [2.45, 2.75) is 40.2 Å². The van der Waals surface area contributed by atoms with E-state index in [1.54, 1.807) is 7.11 Å². The van der Waals surface area contributed by atoms with Gasteiger partial charge in [-0.25, -0.2) is 9.97 Å². The van der Waals surface area contributed by atoms with Crippen molar-refractivity contribution in [2.24, 2.45) is 5.92 Å². The van der Waals surface area contributed by atoms with Crippen LogP contribution in [0.15, 0.2) is 6.33 Å². The summed E-state index contributed by atoms with van der Waals surface area (Å²) in [5.74, 6) is 2.08. The minimum Gasteiger partial charge on any atom is -0.481 e. The molecule has 4 nitrogen and oxygen atoms in total. The zero-order valence-corrected chi connectivity index (χ0v) is 10.7. The van der Waals surface area contributed by atoms with Crippen molar-refractivity contribution in [1.29, 1.82) is 0 Å². The molecule has 1 rings (SSSR count). The second-order valence-electron chi connectivity index (χ2n) is 4.26. The molecule has 1 aromatic rings. The average Bonchev–Trinajstić information content (AvgIpc) is 2.27. The first-order chi connectivity index (χ1) is 7.60. The predicted octanol–water partition coefficient (Wildman–Crippen LogP) is 2.64. The zero-order chi connectivity index (χ0) is 12.1. The lowest BCUT2D eigenvalue weighted by molar-refractivity contribution is 0.393. The molecule has 1 N–H and O–H groups in total. The number of anilines is 1. The molecule has 1 unspecified atom stereocenters. The molecule has 4 heteroatoms. The van der Waals surface area contributed by atoms with E-state index in [1.807, 2.05) is 6.92 Å². The predicted molar refractivity (Wildman–Crippen MR) is 65.9 cm³/mol. The van der Waals surface area contributed by atoms with E-state index in [-0.39, 0.29) is 0 Å². The van der Waals surface area contributed by atoms with Gasteiger partial charge in [-0.15, -0.1) is 0 Å². The quantitative estimate of drug-likeness (QED) is 0.833. The summed E-state index contributed by atoms with van der Waals surface area (Å²) in [6, 6.07) is 0.429. The zero-order valence-electron chi connectivity index (χ0n) is 10.7. The first-order valence-corrected chi connectivity index (χ1v) is 5.72. The molecule has 1 aromatic heterocycles. The molecule has 0 aliphatic carbocycles. The summed E-state index contributed by atoms with van der Waals surface area (Å²) in [7, 11) is 1.62. The van der Waals surface area contributed by atoms with Crippen LogP contribution in [0.4, 0.5) is 5.82 Å². The van der Waals surface area contributed by atoms with E-state index in [4.69, 9.17) is 4.74 Å². The molecule has 1 heterocycles. The van der Waals surface area contributed by atoms with Crippen LogP contribution in [0.5, 0.6) is 5.88 Å². The van der Waals surface area contributed by atoms with Gasteiger partial charge in [0.25, 0.3) is 0 Å². The Bertz CT molecular complexity index is 339. The fourth-order valence-electron chi connectivity index (χ4n) is 1.70. The number of hydrogen-bond donors (Lipinski definition) is 1. The maximum atomic E-state index is 5.17. The molecule has 0 fully saturated rings. The van der Waals surface area contributed by atoms with Crippen molar-refractivity contribution < 1.29 is 4.74 Å². The molecular formula is C12H21N3O. The first kappa shape index (κ1) is 12.7. The van der Waals surface area contributed by atoms with Gasteiger partial charge in [0.1, 0.15) is 12.1 Å². The van der Waals surface area contributed by atoms with Gasteiger partial charge in [-0.1, -0.05) is 20.8 Å². The van der Waals surface area contributed by atoms with Crippen molar-refractivity contribution in [2.75, 3.05) is 12.4 Å². The van der Waals surface area contributed by atoms with E-state index < -0.39 is 0 Å². The molecule has 0 spiro atoms. The molecule has 0 saturated heterocycles. The van der Waals surface area contributed by atoms with Crippen LogP contribution >= 0.6 is 0 Å². The number of aromatic nitrogens is 2. The topological polar surface area (TPSA) is 47.0 Å². The van der Waals surface area contributed by atoms with Gasteiger partial charge in [0.2, 0.25) is 5.88 Å². The number of hydrogen-bond acceptors (Lipinski definition) is 4. The van der Waals surface area contributed by atoms with E-state index in [1.165, 1.54) is 6.33 Å². The van der Waals surface area contributed by atoms with Gasteiger partial charge in [0, 0.05) is 6.04 Å². The maximum Gasteiger partial charge on any atom is 0.221 e. The van der Waals surface area contributed by atoms with Crippen LogP contribution in [0.1, 0.15) is 32.8 Å². The lowest BCUT2D eigenvalue weighted by Crippen LogP contribution is -2.25. The van der Waals surface area contributed by atoms with Gasteiger partial charge in [-0.2, -0.15) is 0 Å². The lowest BCUT2D eigenvalue weighted by atomic mass is 10.0. The molecule has 0 aromatic carbocycles. The molecule has 1 atom stereocenters. The molecule has 16 heavy (non-hydrogen) atoms. The fraction of sp³-hybridized carbons (Fsp3) is 0.667. The Kier molecular flexibility index (Phi) is 4.52. The molecule has 90 valence electrons. The third-order valence-electron chi connectivity index (χ3n) is 2.80. The van der Waals surface area contributed by atoms with Crippen molar-refractivity contribution >= 4 is 5.82 Å². The van der Waals surface area contributed by atoms with Crippen LogP contribution in [0.3, 0.4) is 0 Å². The number of nitrogens with zero attached hydrogens (tertiary/aromatic N) is 2. The highest BCUT2D eigenvalue weighted by Crippen LogP contribution is 2.22. The summed E-state index contributed by atoms with van der Waals surface area (Å²) in [4.78, 5) is 8.32. The normalized spacial score (nSPS) is 12.6. The second kappa shape index (κ2) is 5.68. The van der Waals surface area contributed by atoms with Crippen molar-refractivity contribution in [3.05, 3.63) is 11.9 Å². The van der Waals surface area contributed by atoms with Crippen LogP contribution in [0, 0.1) is 12.8 Å². The van der Waals surface area contributed by atoms with Crippen LogP contribution in [0.25, 0.3) is 0 Å². The SMILES string of the molecule is CCC(Nc1ncnc(OC)c1C)C(C)C. The Balaban J connectivity index is 2.88. The Labute approximate surface area is 97.5 Å². The summed E-state index contributed by atoms with van der Waals surface area (Å²) in [6.45, 7) is 8.55. The molecule has 0 saturated carbocycles. The smallest absolute Gasteiger partial charge is 0.221 e. The van der Waals surface area contributed by atoms with E-state index in [0.717, 1.165) is 17.8 Å². The lowest BCUT2D eigenvalue weighted by Gasteiger charge is -2.22. The van der Waals surface area contributed by atoms with E-state index >= 15 is 0 Å². The van der Waals surface area contributed by atoms with Gasteiger partial charge in [-0.05, 0) is 19.3 Å². The molecule has 0 aliphatic rings. The Morgan fingerprint density at radius 1 is 1.38 bits per heavy atom. The average molecular weight is 223 g/mol. The van der Waals surface area contributed by atoms with Crippen LogP contribution in [-0.4, -0.2) is 23.1 Å². The van der Waals surface area contributed by atoms with Gasteiger partial charge < -0.3 is 10.1 Å². The Morgan fingerprint density at radius 3 is 2.56 bits per heavy atom. The Hall–Kier alpha value is -1.32. The van der Waals surface area contributed by atoms with Gasteiger partial charge in [-0.3, -0.25) is 0 Å². The summed E-state index contributed by atoms with van der Waals surface area (Å²) < 4.78 is 5.17. The molecule has 0 radical (unpaired) electrons. The summed E-state index contributed by atoms with van der Waals surface area (Å²) in [5.41, 5.74) is 0.962. The van der Waals surface area contributed by atoms with E-state index in [2.05, 4.69) is 36.1 Å². The fourth-order valence-corrected chi connectivity index (χ4v) is 1.70.